The number of hydrogen-bond acceptors (Lipinski definition) is 2. The van der Waals surface area contributed by atoms with Crippen LogP contribution in [-0.2, 0) is 13.1 Å². The first-order valence-corrected chi connectivity index (χ1v) is 7.33. The highest BCUT2D eigenvalue weighted by atomic mass is 79.9. The number of rotatable bonds is 4. The molecule has 0 atom stereocenters. The molecule has 0 saturated carbocycles. The summed E-state index contributed by atoms with van der Waals surface area (Å²) in [6, 6.07) is 11.1. The van der Waals surface area contributed by atoms with Crippen molar-refractivity contribution < 1.29 is 4.39 Å². The van der Waals surface area contributed by atoms with Gasteiger partial charge in [0.1, 0.15) is 0 Å². The van der Waals surface area contributed by atoms with Gasteiger partial charge in [-0.3, -0.25) is 0 Å². The number of anilines is 1. The van der Waals surface area contributed by atoms with Crippen LogP contribution in [-0.4, -0.2) is 7.05 Å². The van der Waals surface area contributed by atoms with E-state index in [1.54, 1.807) is 6.07 Å². The molecule has 2 aromatic rings. The van der Waals surface area contributed by atoms with Gasteiger partial charge in [-0.25, -0.2) is 4.39 Å². The smallest absolute Gasteiger partial charge is 0.160 e. The molecule has 0 saturated heterocycles. The van der Waals surface area contributed by atoms with Crippen LogP contribution >= 0.6 is 27.5 Å². The van der Waals surface area contributed by atoms with Gasteiger partial charge in [0, 0.05) is 25.2 Å². The lowest BCUT2D eigenvalue weighted by Gasteiger charge is -2.22. The van der Waals surface area contributed by atoms with Gasteiger partial charge in [0.25, 0.3) is 0 Å². The van der Waals surface area contributed by atoms with Crippen molar-refractivity contribution in [3.63, 3.8) is 0 Å². The van der Waals surface area contributed by atoms with Crippen molar-refractivity contribution in [2.24, 2.45) is 5.73 Å². The van der Waals surface area contributed by atoms with Gasteiger partial charge in [-0.15, -0.1) is 0 Å². The summed E-state index contributed by atoms with van der Waals surface area (Å²) in [7, 11) is 1.83. The molecule has 0 radical (unpaired) electrons. The number of benzene rings is 2. The topological polar surface area (TPSA) is 29.3 Å². The fourth-order valence-electron chi connectivity index (χ4n) is 2.00. The molecule has 2 N–H and O–H groups in total. The molecule has 2 rings (SSSR count). The highest BCUT2D eigenvalue weighted by Gasteiger charge is 2.14. The van der Waals surface area contributed by atoms with Crippen LogP contribution in [0.25, 0.3) is 0 Å². The van der Waals surface area contributed by atoms with Crippen molar-refractivity contribution in [2.45, 2.75) is 13.1 Å². The zero-order valence-electron chi connectivity index (χ0n) is 11.0. The Morgan fingerprint density at radius 1 is 1.20 bits per heavy atom. The van der Waals surface area contributed by atoms with Gasteiger partial charge < -0.3 is 10.6 Å². The van der Waals surface area contributed by atoms with Crippen LogP contribution in [0.5, 0.6) is 0 Å². The standard InChI is InChI=1S/C15H15BrClFN2/c1-20(9-11-4-2-3-5-12(11)17)13-7-6-10(8-19)14(16)15(13)18/h2-7H,8-9,19H2,1H3. The summed E-state index contributed by atoms with van der Waals surface area (Å²) in [6.45, 7) is 0.830. The highest BCUT2D eigenvalue weighted by molar-refractivity contribution is 9.10. The zero-order valence-corrected chi connectivity index (χ0v) is 13.4. The third-order valence-electron chi connectivity index (χ3n) is 3.14. The predicted octanol–water partition coefficient (Wildman–Crippen LogP) is 4.34. The van der Waals surface area contributed by atoms with Gasteiger partial charge in [0.15, 0.2) is 5.82 Å². The van der Waals surface area contributed by atoms with Crippen LogP contribution in [0.1, 0.15) is 11.1 Å². The molecular weight excluding hydrogens is 343 g/mol. The van der Waals surface area contributed by atoms with Crippen LogP contribution in [0.15, 0.2) is 40.9 Å². The van der Waals surface area contributed by atoms with E-state index in [4.69, 9.17) is 17.3 Å². The lowest BCUT2D eigenvalue weighted by atomic mass is 10.1. The molecule has 2 nitrogen and oxygen atoms in total. The summed E-state index contributed by atoms with van der Waals surface area (Å²) in [5.41, 5.74) is 7.77. The third-order valence-corrected chi connectivity index (χ3v) is 4.36. The molecule has 0 unspecified atom stereocenters. The number of nitrogens with zero attached hydrogens (tertiary/aromatic N) is 1. The van der Waals surface area contributed by atoms with E-state index in [-0.39, 0.29) is 5.82 Å². The fourth-order valence-corrected chi connectivity index (χ4v) is 2.69. The molecule has 0 fully saturated rings. The molecule has 0 aliphatic heterocycles. The van der Waals surface area contributed by atoms with E-state index in [9.17, 15) is 4.39 Å². The summed E-state index contributed by atoms with van der Waals surface area (Å²) in [4.78, 5) is 1.82. The molecule has 0 aliphatic carbocycles. The molecule has 0 bridgehead atoms. The SMILES string of the molecule is CN(Cc1ccccc1Cl)c1ccc(CN)c(Br)c1F. The second kappa shape index (κ2) is 6.57. The molecule has 0 spiro atoms. The third kappa shape index (κ3) is 3.14. The Morgan fingerprint density at radius 3 is 2.55 bits per heavy atom. The number of hydrogen-bond donors (Lipinski definition) is 1. The largest absolute Gasteiger partial charge is 0.368 e. The minimum absolute atomic E-state index is 0.298. The Bertz CT molecular complexity index is 619. The van der Waals surface area contributed by atoms with Crippen molar-refractivity contribution in [1.29, 1.82) is 0 Å². The monoisotopic (exact) mass is 356 g/mol. The molecule has 2 aromatic carbocycles. The van der Waals surface area contributed by atoms with Gasteiger partial charge in [0.05, 0.1) is 10.2 Å². The molecule has 0 heterocycles. The lowest BCUT2D eigenvalue weighted by Crippen LogP contribution is -2.18. The maximum Gasteiger partial charge on any atom is 0.160 e. The second-order valence-corrected chi connectivity index (χ2v) is 5.72. The van der Waals surface area contributed by atoms with E-state index in [1.807, 2.05) is 42.3 Å². The average Bonchev–Trinajstić information content (AvgIpc) is 2.44. The Kier molecular flexibility index (Phi) is 5.02. The van der Waals surface area contributed by atoms with E-state index in [0.717, 1.165) is 11.1 Å². The maximum atomic E-state index is 14.3. The van der Waals surface area contributed by atoms with E-state index < -0.39 is 0 Å². The minimum atomic E-state index is -0.303. The lowest BCUT2D eigenvalue weighted by molar-refractivity contribution is 0.613. The quantitative estimate of drug-likeness (QED) is 0.882. The van der Waals surface area contributed by atoms with Gasteiger partial charge in [-0.1, -0.05) is 35.9 Å². The van der Waals surface area contributed by atoms with E-state index >= 15 is 0 Å². The predicted molar refractivity (Wildman–Crippen MR) is 85.6 cm³/mol. The van der Waals surface area contributed by atoms with E-state index in [2.05, 4.69) is 15.9 Å². The number of nitrogens with two attached hydrogens (primary N) is 1. The van der Waals surface area contributed by atoms with Crippen molar-refractivity contribution in [1.82, 2.24) is 0 Å². The molecule has 0 aromatic heterocycles. The zero-order chi connectivity index (χ0) is 14.7. The van der Waals surface area contributed by atoms with E-state index in [1.165, 1.54) is 0 Å². The van der Waals surface area contributed by atoms with Gasteiger partial charge in [-0.2, -0.15) is 0 Å². The van der Waals surface area contributed by atoms with Gasteiger partial charge in [-0.05, 0) is 39.2 Å². The van der Waals surface area contributed by atoms with Gasteiger partial charge >= 0.3 is 0 Å². The minimum Gasteiger partial charge on any atom is -0.368 e. The van der Waals surface area contributed by atoms with Crippen LogP contribution in [0, 0.1) is 5.82 Å². The maximum absolute atomic E-state index is 14.3. The van der Waals surface area contributed by atoms with E-state index in [0.29, 0.717) is 28.3 Å². The second-order valence-electron chi connectivity index (χ2n) is 4.52. The van der Waals surface area contributed by atoms with Crippen molar-refractivity contribution in [3.8, 4) is 0 Å². The first-order valence-electron chi connectivity index (χ1n) is 6.16. The van der Waals surface area contributed by atoms with Crippen molar-refractivity contribution >= 4 is 33.2 Å². The summed E-state index contributed by atoms with van der Waals surface area (Å²) < 4.78 is 14.7. The molecule has 20 heavy (non-hydrogen) atoms. The van der Waals surface area contributed by atoms with Crippen molar-refractivity contribution in [3.05, 3.63) is 62.8 Å². The van der Waals surface area contributed by atoms with Crippen LogP contribution in [0.3, 0.4) is 0 Å². The highest BCUT2D eigenvalue weighted by Crippen LogP contribution is 2.30. The Balaban J connectivity index is 2.28. The summed E-state index contributed by atoms with van der Waals surface area (Å²) in [5.74, 6) is -0.303. The van der Waals surface area contributed by atoms with Gasteiger partial charge in [0.2, 0.25) is 0 Å². The molecule has 106 valence electrons. The summed E-state index contributed by atoms with van der Waals surface area (Å²) in [6.07, 6.45) is 0. The Hall–Kier alpha value is -1.10. The van der Waals surface area contributed by atoms with Crippen molar-refractivity contribution in [2.75, 3.05) is 11.9 Å². The first-order chi connectivity index (χ1) is 9.54. The molecule has 5 heteroatoms. The van der Waals surface area contributed by atoms with Crippen LogP contribution in [0.2, 0.25) is 5.02 Å². The molecule has 0 aliphatic rings. The van der Waals surface area contributed by atoms with Crippen LogP contribution in [0.4, 0.5) is 10.1 Å². The normalized spacial score (nSPS) is 10.7. The fraction of sp³-hybridized carbons (Fsp3) is 0.200. The Labute approximate surface area is 131 Å². The average molecular weight is 358 g/mol. The number of halogens is 3. The molecule has 0 amide bonds. The Morgan fingerprint density at radius 2 is 1.90 bits per heavy atom. The first kappa shape index (κ1) is 15.3. The summed E-state index contributed by atoms with van der Waals surface area (Å²) in [5, 5.41) is 0.678. The summed E-state index contributed by atoms with van der Waals surface area (Å²) >= 11 is 9.38. The van der Waals surface area contributed by atoms with Crippen LogP contribution < -0.4 is 10.6 Å². The molecular formula is C15H15BrClFN2.